The highest BCUT2D eigenvalue weighted by Crippen LogP contribution is 2.22. The molecule has 0 unspecified atom stereocenters. The second-order valence-corrected chi connectivity index (χ2v) is 7.33. The summed E-state index contributed by atoms with van der Waals surface area (Å²) in [5, 5.41) is 6.45. The molecule has 0 amide bonds. The standard InChI is InChI=1S/C14H19BrN4S/c1-9(2)14-18-12(16-3)8-13(19-14)17-7-6-10-4-5-11(15)20-10/h4-5,8-9H,6-7H2,1-3H3,(H2,16,17,18,19). The molecule has 0 atom stereocenters. The summed E-state index contributed by atoms with van der Waals surface area (Å²) in [7, 11) is 1.87. The lowest BCUT2D eigenvalue weighted by molar-refractivity contribution is 0.775. The van der Waals surface area contributed by atoms with Gasteiger partial charge in [-0.25, -0.2) is 9.97 Å². The smallest absolute Gasteiger partial charge is 0.135 e. The molecule has 0 saturated heterocycles. The monoisotopic (exact) mass is 354 g/mol. The van der Waals surface area contributed by atoms with Gasteiger partial charge >= 0.3 is 0 Å². The van der Waals surface area contributed by atoms with Crippen LogP contribution in [0.15, 0.2) is 22.0 Å². The molecule has 2 aromatic rings. The van der Waals surface area contributed by atoms with Crippen molar-refractivity contribution in [3.63, 3.8) is 0 Å². The Balaban J connectivity index is 1.99. The van der Waals surface area contributed by atoms with Crippen molar-refractivity contribution in [3.05, 3.63) is 32.7 Å². The Kier molecular flexibility index (Phi) is 5.37. The van der Waals surface area contributed by atoms with Crippen molar-refractivity contribution in [1.82, 2.24) is 9.97 Å². The number of aromatic nitrogens is 2. The number of hydrogen-bond donors (Lipinski definition) is 2. The molecular weight excluding hydrogens is 336 g/mol. The SMILES string of the molecule is CNc1cc(NCCc2ccc(Br)s2)nc(C(C)C)n1. The topological polar surface area (TPSA) is 49.8 Å². The highest BCUT2D eigenvalue weighted by molar-refractivity contribution is 9.11. The third kappa shape index (κ3) is 4.18. The molecule has 108 valence electrons. The van der Waals surface area contributed by atoms with E-state index in [1.165, 1.54) is 8.66 Å². The van der Waals surface area contributed by atoms with Gasteiger partial charge in [-0.3, -0.25) is 0 Å². The number of nitrogens with zero attached hydrogens (tertiary/aromatic N) is 2. The fourth-order valence-corrected chi connectivity index (χ4v) is 3.23. The summed E-state index contributed by atoms with van der Waals surface area (Å²) in [6.07, 6.45) is 0.992. The van der Waals surface area contributed by atoms with Crippen LogP contribution in [0.25, 0.3) is 0 Å². The zero-order valence-electron chi connectivity index (χ0n) is 11.9. The van der Waals surface area contributed by atoms with Gasteiger partial charge < -0.3 is 10.6 Å². The largest absolute Gasteiger partial charge is 0.373 e. The first-order chi connectivity index (χ1) is 9.58. The van der Waals surface area contributed by atoms with Crippen LogP contribution in [0.4, 0.5) is 11.6 Å². The number of hydrogen-bond acceptors (Lipinski definition) is 5. The predicted molar refractivity (Wildman–Crippen MR) is 89.9 cm³/mol. The number of anilines is 2. The molecule has 0 aliphatic carbocycles. The van der Waals surface area contributed by atoms with E-state index >= 15 is 0 Å². The van der Waals surface area contributed by atoms with Crippen molar-refractivity contribution in [2.75, 3.05) is 24.2 Å². The molecule has 4 nitrogen and oxygen atoms in total. The van der Waals surface area contributed by atoms with Gasteiger partial charge in [0.05, 0.1) is 3.79 Å². The van der Waals surface area contributed by atoms with Gasteiger partial charge in [-0.1, -0.05) is 13.8 Å². The summed E-state index contributed by atoms with van der Waals surface area (Å²) in [4.78, 5) is 10.4. The Hall–Kier alpha value is -1.14. The lowest BCUT2D eigenvalue weighted by atomic mass is 10.2. The van der Waals surface area contributed by atoms with Crippen LogP contribution in [-0.2, 0) is 6.42 Å². The first kappa shape index (κ1) is 15.3. The minimum Gasteiger partial charge on any atom is -0.373 e. The molecule has 2 rings (SSSR count). The van der Waals surface area contributed by atoms with E-state index in [-0.39, 0.29) is 0 Å². The quantitative estimate of drug-likeness (QED) is 0.818. The molecule has 0 bridgehead atoms. The Morgan fingerprint density at radius 1 is 1.25 bits per heavy atom. The number of halogens is 1. The van der Waals surface area contributed by atoms with Gasteiger partial charge in [0.15, 0.2) is 0 Å². The second kappa shape index (κ2) is 7.04. The maximum atomic E-state index is 4.55. The van der Waals surface area contributed by atoms with Crippen LogP contribution >= 0.6 is 27.3 Å². The third-order valence-electron chi connectivity index (χ3n) is 2.82. The van der Waals surface area contributed by atoms with Crippen LogP contribution in [0, 0.1) is 0 Å². The van der Waals surface area contributed by atoms with Gasteiger partial charge in [0.25, 0.3) is 0 Å². The first-order valence-corrected chi connectivity index (χ1v) is 8.24. The molecule has 2 aromatic heterocycles. The summed E-state index contributed by atoms with van der Waals surface area (Å²) in [6.45, 7) is 5.06. The van der Waals surface area contributed by atoms with Crippen LogP contribution in [0.1, 0.15) is 30.5 Å². The van der Waals surface area contributed by atoms with Crippen molar-refractivity contribution in [2.45, 2.75) is 26.2 Å². The summed E-state index contributed by atoms with van der Waals surface area (Å²) < 4.78 is 1.18. The lowest BCUT2D eigenvalue weighted by Gasteiger charge is -2.11. The Morgan fingerprint density at radius 3 is 2.60 bits per heavy atom. The van der Waals surface area contributed by atoms with Crippen LogP contribution in [-0.4, -0.2) is 23.6 Å². The molecule has 0 spiro atoms. The minimum absolute atomic E-state index is 0.317. The van der Waals surface area contributed by atoms with Crippen molar-refractivity contribution >= 4 is 38.9 Å². The fraction of sp³-hybridized carbons (Fsp3) is 0.429. The van der Waals surface area contributed by atoms with Gasteiger partial charge in [0.1, 0.15) is 17.5 Å². The molecule has 0 saturated carbocycles. The van der Waals surface area contributed by atoms with Crippen LogP contribution < -0.4 is 10.6 Å². The molecule has 0 fully saturated rings. The highest BCUT2D eigenvalue weighted by Gasteiger charge is 2.07. The van der Waals surface area contributed by atoms with Crippen molar-refractivity contribution in [3.8, 4) is 0 Å². The molecular formula is C14H19BrN4S. The second-order valence-electron chi connectivity index (χ2n) is 4.78. The zero-order chi connectivity index (χ0) is 14.5. The van der Waals surface area contributed by atoms with E-state index < -0.39 is 0 Å². The molecule has 6 heteroatoms. The van der Waals surface area contributed by atoms with E-state index in [1.54, 1.807) is 11.3 Å². The van der Waals surface area contributed by atoms with Gasteiger partial charge in [0.2, 0.25) is 0 Å². The van der Waals surface area contributed by atoms with Crippen molar-refractivity contribution in [1.29, 1.82) is 0 Å². The van der Waals surface area contributed by atoms with E-state index in [1.807, 2.05) is 13.1 Å². The first-order valence-electron chi connectivity index (χ1n) is 6.63. The van der Waals surface area contributed by atoms with E-state index in [0.717, 1.165) is 30.4 Å². The average Bonchev–Trinajstić information content (AvgIpc) is 2.84. The molecule has 0 radical (unpaired) electrons. The van der Waals surface area contributed by atoms with E-state index in [2.05, 4.69) is 62.5 Å². The Labute approximate surface area is 132 Å². The molecule has 0 aromatic carbocycles. The zero-order valence-corrected chi connectivity index (χ0v) is 14.3. The normalized spacial score (nSPS) is 10.8. The van der Waals surface area contributed by atoms with E-state index in [4.69, 9.17) is 0 Å². The maximum Gasteiger partial charge on any atom is 0.135 e. The fourth-order valence-electron chi connectivity index (χ4n) is 1.74. The number of thiophene rings is 1. The van der Waals surface area contributed by atoms with Crippen LogP contribution in [0.2, 0.25) is 0 Å². The molecule has 20 heavy (non-hydrogen) atoms. The summed E-state index contributed by atoms with van der Waals surface area (Å²) in [6, 6.07) is 6.17. The van der Waals surface area contributed by atoms with Gasteiger partial charge in [-0.15, -0.1) is 11.3 Å². The summed E-state index contributed by atoms with van der Waals surface area (Å²) in [5.74, 6) is 2.91. The van der Waals surface area contributed by atoms with Crippen molar-refractivity contribution < 1.29 is 0 Å². The van der Waals surface area contributed by atoms with Crippen molar-refractivity contribution in [2.24, 2.45) is 0 Å². The summed E-state index contributed by atoms with van der Waals surface area (Å²) >= 11 is 5.25. The molecule has 2 N–H and O–H groups in total. The van der Waals surface area contributed by atoms with Gasteiger partial charge in [-0.2, -0.15) is 0 Å². The van der Waals surface area contributed by atoms with Crippen LogP contribution in [0.3, 0.4) is 0 Å². The predicted octanol–water partition coefficient (Wildman–Crippen LogP) is 4.12. The number of rotatable bonds is 6. The van der Waals surface area contributed by atoms with Gasteiger partial charge in [-0.05, 0) is 34.5 Å². The maximum absolute atomic E-state index is 4.55. The summed E-state index contributed by atoms with van der Waals surface area (Å²) in [5.41, 5.74) is 0. The van der Waals surface area contributed by atoms with E-state index in [9.17, 15) is 0 Å². The molecule has 0 aliphatic rings. The van der Waals surface area contributed by atoms with Gasteiger partial charge in [0, 0.05) is 30.5 Å². The Morgan fingerprint density at radius 2 is 2.00 bits per heavy atom. The van der Waals surface area contributed by atoms with E-state index in [0.29, 0.717) is 5.92 Å². The average molecular weight is 355 g/mol. The minimum atomic E-state index is 0.317. The molecule has 0 aliphatic heterocycles. The Bertz CT molecular complexity index is 568. The highest BCUT2D eigenvalue weighted by atomic mass is 79.9. The third-order valence-corrected chi connectivity index (χ3v) is 4.51. The number of nitrogens with one attached hydrogen (secondary N) is 2. The van der Waals surface area contributed by atoms with Crippen LogP contribution in [0.5, 0.6) is 0 Å². The molecule has 2 heterocycles. The lowest BCUT2D eigenvalue weighted by Crippen LogP contribution is -2.09.